The number of rotatable bonds is 1. The van der Waals surface area contributed by atoms with Gasteiger partial charge in [0.05, 0.1) is 7.11 Å². The van der Waals surface area contributed by atoms with Crippen LogP contribution in [0.2, 0.25) is 0 Å². The Morgan fingerprint density at radius 2 is 2.00 bits per heavy atom. The third kappa shape index (κ3) is 2.95. The topological polar surface area (TPSA) is 59.2 Å². The minimum Gasteiger partial charge on any atom is -0.469 e. The number of carbonyl (C=O) groups excluding carboxylic acids is 2. The summed E-state index contributed by atoms with van der Waals surface area (Å²) in [5.74, 6) is -0.245. The first-order valence-corrected chi connectivity index (χ1v) is 4.75. The maximum absolute atomic E-state index is 10.5. The number of para-hydroxylation sites is 1. The Hall–Kier alpha value is -2.10. The van der Waals surface area contributed by atoms with E-state index in [2.05, 4.69) is 9.72 Å². The molecular formula is C12H13NO3. The van der Waals surface area contributed by atoms with Gasteiger partial charge in [-0.2, -0.15) is 0 Å². The minimum atomic E-state index is -0.245. The summed E-state index contributed by atoms with van der Waals surface area (Å²) in [4.78, 5) is 23.1. The maximum atomic E-state index is 10.5. The zero-order valence-corrected chi connectivity index (χ0v) is 9.19. The van der Waals surface area contributed by atoms with Gasteiger partial charge in [-0.15, -0.1) is 0 Å². The van der Waals surface area contributed by atoms with E-state index in [0.717, 1.165) is 22.8 Å². The van der Waals surface area contributed by atoms with E-state index in [1.165, 1.54) is 14.0 Å². The lowest BCUT2D eigenvalue weighted by atomic mass is 10.2. The third-order valence-corrected chi connectivity index (χ3v) is 2.04. The zero-order chi connectivity index (χ0) is 12.0. The molecule has 0 spiro atoms. The van der Waals surface area contributed by atoms with Gasteiger partial charge in [0.2, 0.25) is 0 Å². The molecular weight excluding hydrogens is 206 g/mol. The fraction of sp³-hybridized carbons (Fsp3) is 0.167. The van der Waals surface area contributed by atoms with Gasteiger partial charge < -0.3 is 9.72 Å². The quantitative estimate of drug-likeness (QED) is 0.590. The lowest BCUT2D eigenvalue weighted by Gasteiger charge is -1.86. The normalized spacial score (nSPS) is 9.12. The van der Waals surface area contributed by atoms with Crippen molar-refractivity contribution in [1.29, 1.82) is 0 Å². The number of H-pyrrole nitrogens is 1. The Labute approximate surface area is 93.2 Å². The Kier molecular flexibility index (Phi) is 4.27. The second-order valence-corrected chi connectivity index (χ2v) is 3.10. The van der Waals surface area contributed by atoms with Gasteiger partial charge in [0.25, 0.3) is 0 Å². The summed E-state index contributed by atoms with van der Waals surface area (Å²) < 4.78 is 4.11. The number of benzene rings is 1. The molecule has 0 aliphatic heterocycles. The number of ether oxygens (including phenoxy) is 1. The average Bonchev–Trinajstić information content (AvgIpc) is 2.72. The van der Waals surface area contributed by atoms with Crippen molar-refractivity contribution in [3.8, 4) is 0 Å². The van der Waals surface area contributed by atoms with Crippen LogP contribution in [0.3, 0.4) is 0 Å². The highest BCUT2D eigenvalue weighted by atomic mass is 16.5. The predicted molar refractivity (Wildman–Crippen MR) is 61.4 cm³/mol. The van der Waals surface area contributed by atoms with Crippen LogP contribution in [0.4, 0.5) is 0 Å². The number of esters is 1. The molecule has 1 heterocycles. The molecule has 84 valence electrons. The summed E-state index contributed by atoms with van der Waals surface area (Å²) in [5, 5.41) is 0.988. The Bertz CT molecular complexity index is 488. The van der Waals surface area contributed by atoms with Crippen LogP contribution in [0.5, 0.6) is 0 Å². The molecule has 0 aliphatic carbocycles. The van der Waals surface area contributed by atoms with Crippen LogP contribution >= 0.6 is 0 Å². The summed E-state index contributed by atoms with van der Waals surface area (Å²) >= 11 is 0. The van der Waals surface area contributed by atoms with Gasteiger partial charge in [-0.1, -0.05) is 18.2 Å². The lowest BCUT2D eigenvalue weighted by Crippen LogP contribution is -1.88. The SMILES string of the molecule is COC(C)=O.O=Cc1c[nH]c2ccccc12. The van der Waals surface area contributed by atoms with Gasteiger partial charge in [0.1, 0.15) is 0 Å². The van der Waals surface area contributed by atoms with Crippen molar-refractivity contribution in [2.75, 3.05) is 7.11 Å². The highest BCUT2D eigenvalue weighted by Crippen LogP contribution is 2.14. The van der Waals surface area contributed by atoms with Gasteiger partial charge in [-0.05, 0) is 6.07 Å². The van der Waals surface area contributed by atoms with Crippen molar-refractivity contribution in [2.45, 2.75) is 6.92 Å². The molecule has 0 fully saturated rings. The smallest absolute Gasteiger partial charge is 0.302 e. The Morgan fingerprint density at radius 1 is 1.38 bits per heavy atom. The molecule has 2 aromatic rings. The predicted octanol–water partition coefficient (Wildman–Crippen LogP) is 2.16. The molecule has 1 aromatic carbocycles. The van der Waals surface area contributed by atoms with E-state index in [4.69, 9.17) is 0 Å². The van der Waals surface area contributed by atoms with Crippen LogP contribution in [-0.4, -0.2) is 24.3 Å². The lowest BCUT2D eigenvalue weighted by molar-refractivity contribution is -0.137. The summed E-state index contributed by atoms with van der Waals surface area (Å²) in [6, 6.07) is 7.73. The third-order valence-electron chi connectivity index (χ3n) is 2.04. The standard InChI is InChI=1S/C9H7NO.C3H6O2/c11-6-7-5-10-9-4-2-1-3-8(7)9;1-3(4)5-2/h1-6,10H;1-2H3. The summed E-state index contributed by atoms with van der Waals surface area (Å²) in [6.07, 6.45) is 2.58. The second-order valence-electron chi connectivity index (χ2n) is 3.10. The van der Waals surface area contributed by atoms with Crippen LogP contribution in [0.15, 0.2) is 30.5 Å². The number of methoxy groups -OCH3 is 1. The minimum absolute atomic E-state index is 0.245. The van der Waals surface area contributed by atoms with Gasteiger partial charge in [0, 0.05) is 29.6 Å². The Balaban J connectivity index is 0.000000221. The fourth-order valence-electron chi connectivity index (χ4n) is 1.19. The van der Waals surface area contributed by atoms with E-state index >= 15 is 0 Å². The van der Waals surface area contributed by atoms with Gasteiger partial charge in [-0.25, -0.2) is 0 Å². The summed E-state index contributed by atoms with van der Waals surface area (Å²) in [6.45, 7) is 1.36. The van der Waals surface area contributed by atoms with E-state index in [-0.39, 0.29) is 5.97 Å². The van der Waals surface area contributed by atoms with Crippen molar-refractivity contribution >= 4 is 23.2 Å². The molecule has 4 heteroatoms. The molecule has 0 saturated heterocycles. The van der Waals surface area contributed by atoms with E-state index in [1.54, 1.807) is 6.20 Å². The number of aromatic amines is 1. The average molecular weight is 219 g/mol. The highest BCUT2D eigenvalue weighted by molar-refractivity contribution is 5.96. The number of carbonyl (C=O) groups is 2. The largest absolute Gasteiger partial charge is 0.469 e. The number of hydrogen-bond acceptors (Lipinski definition) is 3. The maximum Gasteiger partial charge on any atom is 0.302 e. The second kappa shape index (κ2) is 5.70. The molecule has 0 aliphatic rings. The van der Waals surface area contributed by atoms with Gasteiger partial charge >= 0.3 is 5.97 Å². The summed E-state index contributed by atoms with van der Waals surface area (Å²) in [7, 11) is 1.35. The van der Waals surface area contributed by atoms with Crippen LogP contribution in [0.25, 0.3) is 10.9 Å². The van der Waals surface area contributed by atoms with Crippen molar-refractivity contribution in [3.63, 3.8) is 0 Å². The van der Waals surface area contributed by atoms with E-state index < -0.39 is 0 Å². The van der Waals surface area contributed by atoms with Gasteiger partial charge in [-0.3, -0.25) is 9.59 Å². The number of hydrogen-bond donors (Lipinski definition) is 1. The van der Waals surface area contributed by atoms with E-state index in [0.29, 0.717) is 0 Å². The van der Waals surface area contributed by atoms with Gasteiger partial charge in [0.15, 0.2) is 6.29 Å². The number of aldehydes is 1. The molecule has 4 nitrogen and oxygen atoms in total. The molecule has 0 amide bonds. The molecule has 0 atom stereocenters. The van der Waals surface area contributed by atoms with Crippen molar-refractivity contribution in [2.24, 2.45) is 0 Å². The number of nitrogens with one attached hydrogen (secondary N) is 1. The molecule has 16 heavy (non-hydrogen) atoms. The number of aromatic nitrogens is 1. The van der Waals surface area contributed by atoms with Crippen LogP contribution in [-0.2, 0) is 9.53 Å². The first kappa shape index (κ1) is 12.0. The highest BCUT2D eigenvalue weighted by Gasteiger charge is 1.98. The summed E-state index contributed by atoms with van der Waals surface area (Å²) in [5.41, 5.74) is 1.73. The van der Waals surface area contributed by atoms with Crippen molar-refractivity contribution < 1.29 is 14.3 Å². The molecule has 0 radical (unpaired) electrons. The van der Waals surface area contributed by atoms with Crippen LogP contribution in [0.1, 0.15) is 17.3 Å². The van der Waals surface area contributed by atoms with Crippen molar-refractivity contribution in [3.05, 3.63) is 36.0 Å². The molecule has 1 N–H and O–H groups in total. The first-order chi connectivity index (χ1) is 7.69. The van der Waals surface area contributed by atoms with E-state index in [9.17, 15) is 9.59 Å². The molecule has 0 bridgehead atoms. The molecule has 0 unspecified atom stereocenters. The zero-order valence-electron chi connectivity index (χ0n) is 9.19. The van der Waals surface area contributed by atoms with Crippen molar-refractivity contribution in [1.82, 2.24) is 4.98 Å². The first-order valence-electron chi connectivity index (χ1n) is 4.75. The monoisotopic (exact) mass is 219 g/mol. The molecule has 2 rings (SSSR count). The van der Waals surface area contributed by atoms with E-state index in [1.807, 2.05) is 24.3 Å². The fourth-order valence-corrected chi connectivity index (χ4v) is 1.19. The molecule has 1 aromatic heterocycles. The van der Waals surface area contributed by atoms with Crippen LogP contribution in [0, 0.1) is 0 Å². The van der Waals surface area contributed by atoms with Crippen LogP contribution < -0.4 is 0 Å². The molecule has 0 saturated carbocycles. The number of fused-ring (bicyclic) bond motifs is 1. The Morgan fingerprint density at radius 3 is 2.56 bits per heavy atom.